The monoisotopic (exact) mass is 415 g/mol. The second-order valence-corrected chi connectivity index (χ2v) is 9.23. The second-order valence-electron chi connectivity index (χ2n) is 6.08. The third kappa shape index (κ3) is 3.87. The van der Waals surface area contributed by atoms with Crippen LogP contribution < -0.4 is 0 Å². The first-order valence-electron chi connectivity index (χ1n) is 8.00. The molecule has 2 aromatic rings. The van der Waals surface area contributed by atoms with Crippen LogP contribution in [0.2, 0.25) is 10.0 Å². The van der Waals surface area contributed by atoms with Crippen LogP contribution in [-0.4, -0.2) is 38.1 Å². The minimum atomic E-state index is -3.60. The zero-order valence-corrected chi connectivity index (χ0v) is 16.0. The van der Waals surface area contributed by atoms with E-state index in [9.17, 15) is 17.6 Å². The van der Waals surface area contributed by atoms with Crippen LogP contribution in [0.25, 0.3) is 0 Å². The summed E-state index contributed by atoms with van der Waals surface area (Å²) in [6.07, 6.45) is 0.118. The van der Waals surface area contributed by atoms with Crippen molar-refractivity contribution in [3.63, 3.8) is 0 Å². The van der Waals surface area contributed by atoms with Gasteiger partial charge in [0.1, 0.15) is 5.82 Å². The zero-order chi connectivity index (χ0) is 18.9. The summed E-state index contributed by atoms with van der Waals surface area (Å²) in [5, 5.41) is -0.363. The lowest BCUT2D eigenvalue weighted by molar-refractivity contribution is 0.0766. The number of benzene rings is 2. The fraction of sp³-hybridized carbons (Fsp3) is 0.278. The van der Waals surface area contributed by atoms with E-state index in [1.54, 1.807) is 12.1 Å². The summed E-state index contributed by atoms with van der Waals surface area (Å²) in [6.45, 7) is 0.203. The summed E-state index contributed by atoms with van der Waals surface area (Å²) >= 11 is 12.0. The zero-order valence-electron chi connectivity index (χ0n) is 13.7. The molecule has 0 saturated carbocycles. The van der Waals surface area contributed by atoms with Gasteiger partial charge in [0.05, 0.1) is 21.6 Å². The second kappa shape index (κ2) is 7.55. The van der Waals surface area contributed by atoms with Crippen molar-refractivity contribution in [1.29, 1.82) is 0 Å². The molecule has 1 heterocycles. The molecule has 1 aliphatic heterocycles. The van der Waals surface area contributed by atoms with Gasteiger partial charge in [0, 0.05) is 23.7 Å². The molecule has 0 radical (unpaired) electrons. The lowest BCUT2D eigenvalue weighted by atomic mass is 10.1. The van der Waals surface area contributed by atoms with Gasteiger partial charge < -0.3 is 4.90 Å². The van der Waals surface area contributed by atoms with Crippen LogP contribution in [0.5, 0.6) is 0 Å². The smallest absolute Gasteiger partial charge is 0.255 e. The Morgan fingerprint density at radius 1 is 1.12 bits per heavy atom. The Bertz CT molecular complexity index is 949. The minimum Gasteiger partial charge on any atom is -0.338 e. The molecule has 1 atom stereocenters. The fourth-order valence-corrected chi connectivity index (χ4v) is 5.24. The van der Waals surface area contributed by atoms with Crippen molar-refractivity contribution in [2.75, 3.05) is 18.8 Å². The van der Waals surface area contributed by atoms with Gasteiger partial charge in [-0.15, -0.1) is 0 Å². The molecule has 0 N–H and O–H groups in total. The Kier molecular flexibility index (Phi) is 5.55. The van der Waals surface area contributed by atoms with Crippen LogP contribution in [0, 0.1) is 5.82 Å². The van der Waals surface area contributed by atoms with Crippen molar-refractivity contribution in [2.24, 2.45) is 0 Å². The van der Waals surface area contributed by atoms with Crippen molar-refractivity contribution in [3.05, 3.63) is 69.5 Å². The highest BCUT2D eigenvalue weighted by molar-refractivity contribution is 7.91. The summed E-state index contributed by atoms with van der Waals surface area (Å²) in [4.78, 5) is 14.2. The molecule has 4 nitrogen and oxygen atoms in total. The Labute approximate surface area is 161 Å². The van der Waals surface area contributed by atoms with Crippen molar-refractivity contribution >= 4 is 38.9 Å². The van der Waals surface area contributed by atoms with E-state index in [2.05, 4.69) is 0 Å². The minimum absolute atomic E-state index is 0.0228. The van der Waals surface area contributed by atoms with E-state index in [0.29, 0.717) is 5.02 Å². The number of hydrogen-bond donors (Lipinski definition) is 0. The van der Waals surface area contributed by atoms with Gasteiger partial charge in [0.15, 0.2) is 9.84 Å². The van der Waals surface area contributed by atoms with Gasteiger partial charge in [0.2, 0.25) is 0 Å². The molecule has 0 aromatic heterocycles. The molecule has 2 aromatic carbocycles. The van der Waals surface area contributed by atoms with Crippen LogP contribution >= 0.6 is 23.2 Å². The molecule has 0 aliphatic carbocycles. The standard InChI is InChI=1S/C18H16Cl2FNO3S/c19-12-5-6-15(20)14(11-12)18(23)22-8-7-17(26(24,25)10-9-22)13-3-1-2-4-16(13)21/h1-6,11,17H,7-10H2. The van der Waals surface area contributed by atoms with Crippen LogP contribution in [0.15, 0.2) is 42.5 Å². The predicted molar refractivity (Wildman–Crippen MR) is 99.9 cm³/mol. The number of sulfone groups is 1. The summed E-state index contributed by atoms with van der Waals surface area (Å²) in [5.74, 6) is -1.18. The van der Waals surface area contributed by atoms with E-state index < -0.39 is 20.9 Å². The normalized spacial score (nSPS) is 19.8. The van der Waals surface area contributed by atoms with Crippen molar-refractivity contribution in [1.82, 2.24) is 4.90 Å². The lowest BCUT2D eigenvalue weighted by Gasteiger charge is -2.21. The molecule has 8 heteroatoms. The summed E-state index contributed by atoms with van der Waals surface area (Å²) in [7, 11) is -3.60. The maximum atomic E-state index is 14.1. The molecular weight excluding hydrogens is 400 g/mol. The van der Waals surface area contributed by atoms with E-state index in [4.69, 9.17) is 23.2 Å². The third-order valence-electron chi connectivity index (χ3n) is 4.44. The van der Waals surface area contributed by atoms with Gasteiger partial charge in [-0.3, -0.25) is 4.79 Å². The number of amides is 1. The Morgan fingerprint density at radius 2 is 1.85 bits per heavy atom. The molecule has 3 rings (SSSR count). The largest absolute Gasteiger partial charge is 0.338 e. The van der Waals surface area contributed by atoms with Gasteiger partial charge in [-0.25, -0.2) is 12.8 Å². The molecule has 0 bridgehead atoms. The third-order valence-corrected chi connectivity index (χ3v) is 7.11. The highest BCUT2D eigenvalue weighted by Gasteiger charge is 2.34. The van der Waals surface area contributed by atoms with Crippen LogP contribution in [0.4, 0.5) is 4.39 Å². The Balaban J connectivity index is 1.88. The SMILES string of the molecule is O=C(c1cc(Cl)ccc1Cl)N1CCC(c2ccccc2F)S(=O)(=O)CC1. The number of nitrogens with zero attached hydrogens (tertiary/aromatic N) is 1. The van der Waals surface area contributed by atoms with Gasteiger partial charge >= 0.3 is 0 Å². The van der Waals surface area contributed by atoms with Crippen LogP contribution in [0.3, 0.4) is 0 Å². The van der Waals surface area contributed by atoms with Gasteiger partial charge in [-0.2, -0.15) is 0 Å². The fourth-order valence-electron chi connectivity index (χ4n) is 3.06. The first kappa shape index (κ1) is 19.1. The summed E-state index contributed by atoms with van der Waals surface area (Å²) < 4.78 is 39.3. The molecule has 1 fully saturated rings. The number of carbonyl (C=O) groups excluding carboxylic acids is 1. The van der Waals surface area contributed by atoms with Gasteiger partial charge in [0.25, 0.3) is 5.91 Å². The summed E-state index contributed by atoms with van der Waals surface area (Å²) in [5.41, 5.74) is 0.364. The topological polar surface area (TPSA) is 54.5 Å². The molecule has 1 amide bonds. The Morgan fingerprint density at radius 3 is 2.58 bits per heavy atom. The van der Waals surface area contributed by atoms with E-state index in [-0.39, 0.29) is 47.3 Å². The maximum absolute atomic E-state index is 14.1. The van der Waals surface area contributed by atoms with E-state index in [1.807, 2.05) is 0 Å². The number of halogens is 3. The molecule has 1 saturated heterocycles. The van der Waals surface area contributed by atoms with E-state index in [1.165, 1.54) is 35.2 Å². The molecule has 1 aliphatic rings. The van der Waals surface area contributed by atoms with Crippen LogP contribution in [0.1, 0.15) is 27.6 Å². The van der Waals surface area contributed by atoms with Crippen molar-refractivity contribution < 1.29 is 17.6 Å². The van der Waals surface area contributed by atoms with E-state index >= 15 is 0 Å². The highest BCUT2D eigenvalue weighted by Crippen LogP contribution is 2.32. The Hall–Kier alpha value is -1.63. The maximum Gasteiger partial charge on any atom is 0.255 e. The predicted octanol–water partition coefficient (Wildman–Crippen LogP) is 4.13. The number of hydrogen-bond acceptors (Lipinski definition) is 3. The van der Waals surface area contributed by atoms with Crippen LogP contribution in [-0.2, 0) is 9.84 Å². The average molecular weight is 416 g/mol. The van der Waals surface area contributed by atoms with Gasteiger partial charge in [-0.05, 0) is 30.7 Å². The van der Waals surface area contributed by atoms with Crippen molar-refractivity contribution in [3.8, 4) is 0 Å². The van der Waals surface area contributed by atoms with E-state index in [0.717, 1.165) is 0 Å². The van der Waals surface area contributed by atoms with Crippen molar-refractivity contribution in [2.45, 2.75) is 11.7 Å². The first-order chi connectivity index (χ1) is 12.3. The average Bonchev–Trinajstić information content (AvgIpc) is 2.75. The summed E-state index contributed by atoms with van der Waals surface area (Å²) in [6, 6.07) is 10.4. The molecule has 0 spiro atoms. The number of carbonyl (C=O) groups is 1. The molecule has 1 unspecified atom stereocenters. The quantitative estimate of drug-likeness (QED) is 0.740. The number of rotatable bonds is 2. The lowest BCUT2D eigenvalue weighted by Crippen LogP contribution is -2.33. The van der Waals surface area contributed by atoms with Gasteiger partial charge in [-0.1, -0.05) is 41.4 Å². The molecule has 26 heavy (non-hydrogen) atoms. The molecular formula is C18H16Cl2FNO3S. The first-order valence-corrected chi connectivity index (χ1v) is 10.5. The molecule has 138 valence electrons. The highest BCUT2D eigenvalue weighted by atomic mass is 35.5.